The minimum atomic E-state index is -4.76. The van der Waals surface area contributed by atoms with Crippen molar-refractivity contribution < 1.29 is 27.5 Å². The standard InChI is InChI=1S/C14H10F3NO3S/c1-8(19)11-6-7-12(22-11)13(20)18-9-2-4-10(5-3-9)21-14(15,16)17/h2-7H,1H3,(H,18,20). The quantitative estimate of drug-likeness (QED) is 0.859. The molecule has 4 nitrogen and oxygen atoms in total. The summed E-state index contributed by atoms with van der Waals surface area (Å²) in [6.45, 7) is 1.40. The van der Waals surface area contributed by atoms with Gasteiger partial charge in [0.25, 0.3) is 5.91 Å². The van der Waals surface area contributed by atoms with Crippen LogP contribution >= 0.6 is 11.3 Å². The Hall–Kier alpha value is -2.35. The minimum absolute atomic E-state index is 0.141. The molecule has 0 aliphatic rings. The molecule has 1 heterocycles. The van der Waals surface area contributed by atoms with Gasteiger partial charge in [-0.3, -0.25) is 9.59 Å². The Morgan fingerprint density at radius 1 is 1.05 bits per heavy atom. The summed E-state index contributed by atoms with van der Waals surface area (Å²) in [5.41, 5.74) is 0.317. The Labute approximate surface area is 127 Å². The zero-order valence-corrected chi connectivity index (χ0v) is 12.0. The van der Waals surface area contributed by atoms with Gasteiger partial charge < -0.3 is 10.1 Å². The number of hydrogen-bond donors (Lipinski definition) is 1. The van der Waals surface area contributed by atoms with Crippen molar-refractivity contribution in [2.24, 2.45) is 0 Å². The van der Waals surface area contributed by atoms with Gasteiger partial charge in [-0.05, 0) is 43.3 Å². The molecule has 0 unspecified atom stereocenters. The van der Waals surface area contributed by atoms with Crippen LogP contribution in [0.5, 0.6) is 5.75 Å². The van der Waals surface area contributed by atoms with Gasteiger partial charge in [0.05, 0.1) is 9.75 Å². The van der Waals surface area contributed by atoms with E-state index in [1.54, 1.807) is 6.07 Å². The van der Waals surface area contributed by atoms with Gasteiger partial charge in [-0.2, -0.15) is 0 Å². The summed E-state index contributed by atoms with van der Waals surface area (Å²) in [5.74, 6) is -0.958. The molecule has 0 fully saturated rings. The van der Waals surface area contributed by atoms with Crippen LogP contribution in [-0.4, -0.2) is 18.1 Å². The van der Waals surface area contributed by atoms with Crippen molar-refractivity contribution in [2.75, 3.05) is 5.32 Å². The zero-order chi connectivity index (χ0) is 16.3. The second-order valence-corrected chi connectivity index (χ2v) is 5.33. The molecule has 1 aromatic heterocycles. The van der Waals surface area contributed by atoms with E-state index in [0.29, 0.717) is 15.4 Å². The number of Topliss-reactive ketones (excluding diaryl/α,β-unsaturated/α-hetero) is 1. The number of amides is 1. The fourth-order valence-electron chi connectivity index (χ4n) is 1.58. The lowest BCUT2D eigenvalue weighted by atomic mass is 10.3. The summed E-state index contributed by atoms with van der Waals surface area (Å²) >= 11 is 1.04. The molecule has 0 radical (unpaired) electrons. The maximum Gasteiger partial charge on any atom is 0.573 e. The SMILES string of the molecule is CC(=O)c1ccc(C(=O)Nc2ccc(OC(F)(F)F)cc2)s1. The topological polar surface area (TPSA) is 55.4 Å². The number of rotatable bonds is 4. The predicted molar refractivity (Wildman–Crippen MR) is 75.4 cm³/mol. The average Bonchev–Trinajstić information content (AvgIpc) is 2.89. The molecule has 2 aromatic rings. The molecular formula is C14H10F3NO3S. The average molecular weight is 329 g/mol. The number of ether oxygens (including phenoxy) is 1. The highest BCUT2D eigenvalue weighted by Gasteiger charge is 2.30. The lowest BCUT2D eigenvalue weighted by molar-refractivity contribution is -0.274. The summed E-state index contributed by atoms with van der Waals surface area (Å²) in [4.78, 5) is 23.9. The maximum absolute atomic E-state index is 12.0. The van der Waals surface area contributed by atoms with Gasteiger partial charge in [0, 0.05) is 5.69 Å². The van der Waals surface area contributed by atoms with Crippen molar-refractivity contribution in [3.8, 4) is 5.75 Å². The van der Waals surface area contributed by atoms with E-state index in [-0.39, 0.29) is 11.5 Å². The van der Waals surface area contributed by atoms with Crippen LogP contribution in [0.2, 0.25) is 0 Å². The summed E-state index contributed by atoms with van der Waals surface area (Å²) < 4.78 is 39.8. The molecule has 0 saturated carbocycles. The van der Waals surface area contributed by atoms with E-state index >= 15 is 0 Å². The number of halogens is 3. The van der Waals surface area contributed by atoms with E-state index in [1.165, 1.54) is 25.1 Å². The Morgan fingerprint density at radius 2 is 1.64 bits per heavy atom. The summed E-state index contributed by atoms with van der Waals surface area (Å²) in [7, 11) is 0. The molecule has 0 bridgehead atoms. The first kappa shape index (κ1) is 16.0. The van der Waals surface area contributed by atoms with E-state index in [9.17, 15) is 22.8 Å². The molecule has 8 heteroatoms. The van der Waals surface area contributed by atoms with Gasteiger partial charge in [0.15, 0.2) is 5.78 Å². The van der Waals surface area contributed by atoms with E-state index in [4.69, 9.17) is 0 Å². The molecule has 0 spiro atoms. The van der Waals surface area contributed by atoms with Gasteiger partial charge in [0.1, 0.15) is 5.75 Å². The number of hydrogen-bond acceptors (Lipinski definition) is 4. The Kier molecular flexibility index (Phi) is 4.51. The Balaban J connectivity index is 2.03. The van der Waals surface area contributed by atoms with Crippen LogP contribution in [0.3, 0.4) is 0 Å². The molecule has 0 atom stereocenters. The number of thiophene rings is 1. The first-order valence-corrected chi connectivity index (χ1v) is 6.84. The van der Waals surface area contributed by atoms with E-state index in [0.717, 1.165) is 23.5 Å². The molecule has 0 aliphatic heterocycles. The summed E-state index contributed by atoms with van der Waals surface area (Å²) in [5, 5.41) is 2.52. The van der Waals surface area contributed by atoms with Gasteiger partial charge in [-0.15, -0.1) is 24.5 Å². The number of anilines is 1. The van der Waals surface area contributed by atoms with E-state index in [1.807, 2.05) is 0 Å². The van der Waals surface area contributed by atoms with Crippen molar-refractivity contribution >= 4 is 28.7 Å². The fourth-order valence-corrected chi connectivity index (χ4v) is 2.38. The maximum atomic E-state index is 12.0. The van der Waals surface area contributed by atoms with Crippen LogP contribution in [0, 0.1) is 0 Å². The van der Waals surface area contributed by atoms with Crippen molar-refractivity contribution in [3.63, 3.8) is 0 Å². The summed E-state index contributed by atoms with van der Waals surface area (Å²) in [6.07, 6.45) is -4.76. The van der Waals surface area contributed by atoms with Crippen LogP contribution in [0.1, 0.15) is 26.3 Å². The Bertz CT molecular complexity index is 692. The number of carbonyl (C=O) groups excluding carboxylic acids is 2. The molecule has 0 saturated heterocycles. The lowest BCUT2D eigenvalue weighted by Gasteiger charge is -2.09. The van der Waals surface area contributed by atoms with Crippen LogP contribution in [0.25, 0.3) is 0 Å². The molecule has 2 rings (SSSR count). The van der Waals surface area contributed by atoms with Crippen molar-refractivity contribution in [1.29, 1.82) is 0 Å². The number of benzene rings is 1. The number of alkyl halides is 3. The molecule has 22 heavy (non-hydrogen) atoms. The smallest absolute Gasteiger partial charge is 0.406 e. The monoisotopic (exact) mass is 329 g/mol. The molecule has 0 aliphatic carbocycles. The second-order valence-electron chi connectivity index (χ2n) is 4.25. The molecular weight excluding hydrogens is 319 g/mol. The van der Waals surface area contributed by atoms with Crippen LogP contribution in [0.15, 0.2) is 36.4 Å². The van der Waals surface area contributed by atoms with E-state index in [2.05, 4.69) is 10.1 Å². The lowest BCUT2D eigenvalue weighted by Crippen LogP contribution is -2.17. The zero-order valence-electron chi connectivity index (χ0n) is 11.2. The van der Waals surface area contributed by atoms with Crippen LogP contribution in [-0.2, 0) is 0 Å². The number of ketones is 1. The highest BCUT2D eigenvalue weighted by molar-refractivity contribution is 7.16. The van der Waals surface area contributed by atoms with Crippen molar-refractivity contribution in [1.82, 2.24) is 0 Å². The molecule has 1 amide bonds. The van der Waals surface area contributed by atoms with Crippen LogP contribution < -0.4 is 10.1 Å². The molecule has 1 N–H and O–H groups in total. The highest BCUT2D eigenvalue weighted by atomic mass is 32.1. The Morgan fingerprint density at radius 3 is 2.14 bits per heavy atom. The van der Waals surface area contributed by atoms with E-state index < -0.39 is 12.3 Å². The fraction of sp³-hybridized carbons (Fsp3) is 0.143. The molecule has 1 aromatic carbocycles. The van der Waals surface area contributed by atoms with Gasteiger partial charge >= 0.3 is 6.36 Å². The first-order valence-electron chi connectivity index (χ1n) is 6.02. The predicted octanol–water partition coefficient (Wildman–Crippen LogP) is 4.10. The van der Waals surface area contributed by atoms with Gasteiger partial charge in [0.2, 0.25) is 0 Å². The largest absolute Gasteiger partial charge is 0.573 e. The third-order valence-electron chi connectivity index (χ3n) is 2.52. The van der Waals surface area contributed by atoms with Gasteiger partial charge in [-0.1, -0.05) is 0 Å². The van der Waals surface area contributed by atoms with Crippen molar-refractivity contribution in [3.05, 3.63) is 46.2 Å². The van der Waals surface area contributed by atoms with Gasteiger partial charge in [-0.25, -0.2) is 0 Å². The summed E-state index contributed by atoms with van der Waals surface area (Å²) in [6, 6.07) is 7.83. The second kappa shape index (κ2) is 6.18. The van der Waals surface area contributed by atoms with Crippen molar-refractivity contribution in [2.45, 2.75) is 13.3 Å². The highest BCUT2D eigenvalue weighted by Crippen LogP contribution is 2.24. The first-order chi connectivity index (χ1) is 10.2. The number of carbonyl (C=O) groups is 2. The normalized spacial score (nSPS) is 11.1. The van der Waals surface area contributed by atoms with Crippen LogP contribution in [0.4, 0.5) is 18.9 Å². The number of nitrogens with one attached hydrogen (secondary N) is 1. The minimum Gasteiger partial charge on any atom is -0.406 e. The third-order valence-corrected chi connectivity index (χ3v) is 3.71. The molecule has 116 valence electrons. The third kappa shape index (κ3) is 4.32.